The van der Waals surface area contributed by atoms with E-state index < -0.39 is 0 Å². The molecule has 0 aliphatic carbocycles. The first-order chi connectivity index (χ1) is 6.86. The lowest BCUT2D eigenvalue weighted by molar-refractivity contribution is 0.221. The van der Waals surface area contributed by atoms with Crippen molar-refractivity contribution in [1.82, 2.24) is 9.88 Å². The third-order valence-electron chi connectivity index (χ3n) is 2.69. The lowest BCUT2D eigenvalue weighted by atomic mass is 10.1. The van der Waals surface area contributed by atoms with E-state index in [-0.39, 0.29) is 0 Å². The third-order valence-corrected chi connectivity index (χ3v) is 3.06. The van der Waals surface area contributed by atoms with Crippen molar-refractivity contribution >= 4 is 11.6 Å². The molecule has 0 spiro atoms. The van der Waals surface area contributed by atoms with Crippen LogP contribution in [-0.4, -0.2) is 23.0 Å². The molecule has 0 bridgehead atoms. The lowest BCUT2D eigenvalue weighted by Gasteiger charge is -2.26. The number of rotatable bonds is 2. The van der Waals surface area contributed by atoms with Gasteiger partial charge >= 0.3 is 0 Å². The van der Waals surface area contributed by atoms with Crippen LogP contribution in [0.2, 0.25) is 5.02 Å². The van der Waals surface area contributed by atoms with Gasteiger partial charge in [0.2, 0.25) is 0 Å². The van der Waals surface area contributed by atoms with E-state index in [4.69, 9.17) is 11.6 Å². The van der Waals surface area contributed by atoms with Gasteiger partial charge in [0.05, 0.1) is 0 Å². The lowest BCUT2D eigenvalue weighted by Crippen LogP contribution is -2.29. The Balaban J connectivity index is 1.99. The van der Waals surface area contributed by atoms with Crippen LogP contribution >= 0.6 is 11.6 Å². The Hall–Kier alpha value is -0.600. The number of halogens is 1. The van der Waals surface area contributed by atoms with Crippen LogP contribution in [0.25, 0.3) is 0 Å². The molecule has 0 atom stereocenters. The van der Waals surface area contributed by atoms with Crippen molar-refractivity contribution in [3.05, 3.63) is 29.0 Å². The Bertz CT molecular complexity index is 295. The molecule has 1 aliphatic heterocycles. The topological polar surface area (TPSA) is 16.1 Å². The summed E-state index contributed by atoms with van der Waals surface area (Å²) in [4.78, 5) is 6.55. The molecule has 0 saturated carbocycles. The number of likely N-dealkylation sites (tertiary alicyclic amines) is 1. The number of hydrogen-bond acceptors (Lipinski definition) is 2. The highest BCUT2D eigenvalue weighted by Gasteiger charge is 2.11. The largest absolute Gasteiger partial charge is 0.299 e. The van der Waals surface area contributed by atoms with Gasteiger partial charge in [-0.05, 0) is 32.0 Å². The van der Waals surface area contributed by atoms with Crippen molar-refractivity contribution in [3.8, 4) is 0 Å². The molecule has 1 saturated heterocycles. The van der Waals surface area contributed by atoms with Crippen LogP contribution in [0.1, 0.15) is 24.8 Å². The molecular weight excluding hydrogens is 196 g/mol. The minimum Gasteiger partial charge on any atom is -0.299 e. The van der Waals surface area contributed by atoms with Gasteiger partial charge in [0.25, 0.3) is 0 Å². The average molecular weight is 211 g/mol. The number of nitrogens with zero attached hydrogens (tertiary/aromatic N) is 2. The zero-order valence-corrected chi connectivity index (χ0v) is 9.00. The summed E-state index contributed by atoms with van der Waals surface area (Å²) in [6.07, 6.45) is 7.62. The predicted octanol–water partition coefficient (Wildman–Crippen LogP) is 2.72. The highest BCUT2D eigenvalue weighted by molar-refractivity contribution is 6.31. The molecule has 0 N–H and O–H groups in total. The first-order valence-corrected chi connectivity index (χ1v) is 5.55. The molecule has 3 heteroatoms. The predicted molar refractivity (Wildman–Crippen MR) is 58.4 cm³/mol. The maximum atomic E-state index is 6.08. The first kappa shape index (κ1) is 9.94. The fraction of sp³-hybridized carbons (Fsp3) is 0.545. The van der Waals surface area contributed by atoms with E-state index in [1.807, 2.05) is 12.3 Å². The van der Waals surface area contributed by atoms with E-state index in [1.165, 1.54) is 32.4 Å². The fourth-order valence-corrected chi connectivity index (χ4v) is 2.05. The van der Waals surface area contributed by atoms with Gasteiger partial charge in [-0.25, -0.2) is 0 Å². The van der Waals surface area contributed by atoms with Crippen molar-refractivity contribution < 1.29 is 0 Å². The molecule has 0 aromatic carbocycles. The van der Waals surface area contributed by atoms with Crippen molar-refractivity contribution in [1.29, 1.82) is 0 Å². The van der Waals surface area contributed by atoms with Gasteiger partial charge in [0.15, 0.2) is 0 Å². The van der Waals surface area contributed by atoms with Crippen LogP contribution in [0, 0.1) is 0 Å². The van der Waals surface area contributed by atoms with Gasteiger partial charge in [0, 0.05) is 29.5 Å². The van der Waals surface area contributed by atoms with E-state index in [0.717, 1.165) is 17.1 Å². The van der Waals surface area contributed by atoms with E-state index in [9.17, 15) is 0 Å². The standard InChI is InChI=1S/C11H15ClN2/c12-11-4-5-13-8-10(11)9-14-6-2-1-3-7-14/h4-5,8H,1-3,6-7,9H2. The first-order valence-electron chi connectivity index (χ1n) is 5.17. The summed E-state index contributed by atoms with van der Waals surface area (Å²) in [7, 11) is 0. The minimum absolute atomic E-state index is 0.838. The molecule has 2 rings (SSSR count). The van der Waals surface area contributed by atoms with Gasteiger partial charge < -0.3 is 0 Å². The monoisotopic (exact) mass is 210 g/mol. The molecule has 1 fully saturated rings. The van der Waals surface area contributed by atoms with Gasteiger partial charge in [-0.15, -0.1) is 0 Å². The average Bonchev–Trinajstić information content (AvgIpc) is 2.23. The second-order valence-electron chi connectivity index (χ2n) is 3.80. The summed E-state index contributed by atoms with van der Waals surface area (Å²) in [5.74, 6) is 0. The summed E-state index contributed by atoms with van der Waals surface area (Å²) < 4.78 is 0. The van der Waals surface area contributed by atoms with Crippen molar-refractivity contribution in [2.45, 2.75) is 25.8 Å². The maximum Gasteiger partial charge on any atom is 0.0481 e. The normalized spacial score (nSPS) is 18.4. The fourth-order valence-electron chi connectivity index (χ4n) is 1.88. The third kappa shape index (κ3) is 2.46. The smallest absolute Gasteiger partial charge is 0.0481 e. The van der Waals surface area contributed by atoms with Crippen molar-refractivity contribution in [2.75, 3.05) is 13.1 Å². The molecule has 14 heavy (non-hydrogen) atoms. The molecule has 1 aromatic rings. The molecule has 1 aliphatic rings. The molecule has 2 heterocycles. The van der Waals surface area contributed by atoms with Gasteiger partial charge in [-0.1, -0.05) is 18.0 Å². The second kappa shape index (κ2) is 4.76. The number of hydrogen-bond donors (Lipinski definition) is 0. The SMILES string of the molecule is Clc1ccncc1CN1CCCCC1. The van der Waals surface area contributed by atoms with E-state index in [2.05, 4.69) is 9.88 Å². The highest BCUT2D eigenvalue weighted by Crippen LogP contribution is 2.18. The van der Waals surface area contributed by atoms with Crippen LogP contribution < -0.4 is 0 Å². The van der Waals surface area contributed by atoms with Crippen LogP contribution in [0.5, 0.6) is 0 Å². The van der Waals surface area contributed by atoms with Crippen LogP contribution in [-0.2, 0) is 6.54 Å². The molecule has 76 valence electrons. The molecule has 0 radical (unpaired) electrons. The van der Waals surface area contributed by atoms with Gasteiger partial charge in [-0.2, -0.15) is 0 Å². The summed E-state index contributed by atoms with van der Waals surface area (Å²) in [6.45, 7) is 3.35. The highest BCUT2D eigenvalue weighted by atomic mass is 35.5. The Morgan fingerprint density at radius 2 is 2.07 bits per heavy atom. The van der Waals surface area contributed by atoms with Crippen LogP contribution in [0.4, 0.5) is 0 Å². The van der Waals surface area contributed by atoms with Crippen LogP contribution in [0.3, 0.4) is 0 Å². The summed E-state index contributed by atoms with van der Waals surface area (Å²) in [5, 5.41) is 0.838. The second-order valence-corrected chi connectivity index (χ2v) is 4.21. The van der Waals surface area contributed by atoms with E-state index >= 15 is 0 Å². The molecule has 1 aromatic heterocycles. The zero-order valence-electron chi connectivity index (χ0n) is 8.25. The zero-order chi connectivity index (χ0) is 9.80. The Kier molecular flexibility index (Phi) is 3.38. The van der Waals surface area contributed by atoms with E-state index in [1.54, 1.807) is 6.20 Å². The number of piperidine rings is 1. The number of pyridine rings is 1. The quantitative estimate of drug-likeness (QED) is 0.746. The Labute approximate surface area is 89.9 Å². The molecule has 0 amide bonds. The Morgan fingerprint density at radius 1 is 1.29 bits per heavy atom. The van der Waals surface area contributed by atoms with Crippen LogP contribution in [0.15, 0.2) is 18.5 Å². The summed E-state index contributed by atoms with van der Waals surface area (Å²) >= 11 is 6.08. The molecule has 2 nitrogen and oxygen atoms in total. The summed E-state index contributed by atoms with van der Waals surface area (Å²) in [6, 6.07) is 1.86. The number of aromatic nitrogens is 1. The molecule has 0 unspecified atom stereocenters. The summed E-state index contributed by atoms with van der Waals surface area (Å²) in [5.41, 5.74) is 1.15. The Morgan fingerprint density at radius 3 is 2.79 bits per heavy atom. The minimum atomic E-state index is 0.838. The van der Waals surface area contributed by atoms with Gasteiger partial charge in [-0.3, -0.25) is 9.88 Å². The van der Waals surface area contributed by atoms with E-state index in [0.29, 0.717) is 0 Å². The molecular formula is C11H15ClN2. The maximum absolute atomic E-state index is 6.08. The van der Waals surface area contributed by atoms with Crippen molar-refractivity contribution in [3.63, 3.8) is 0 Å². The van der Waals surface area contributed by atoms with Gasteiger partial charge in [0.1, 0.15) is 0 Å². The van der Waals surface area contributed by atoms with Crippen molar-refractivity contribution in [2.24, 2.45) is 0 Å².